The molecule has 1 aromatic carbocycles. The van der Waals surface area contributed by atoms with E-state index in [0.717, 1.165) is 5.56 Å². The van der Waals surface area contributed by atoms with Crippen molar-refractivity contribution in [2.45, 2.75) is 38.7 Å². The molecule has 0 aliphatic carbocycles. The van der Waals surface area contributed by atoms with Gasteiger partial charge in [0.25, 0.3) is 5.56 Å². The lowest BCUT2D eigenvalue weighted by Gasteiger charge is -2.26. The van der Waals surface area contributed by atoms with Gasteiger partial charge in [-0.3, -0.25) is 14.6 Å². The fraction of sp³-hybridized carbons (Fsp3) is 0.280. The van der Waals surface area contributed by atoms with Gasteiger partial charge >= 0.3 is 5.97 Å². The van der Waals surface area contributed by atoms with Gasteiger partial charge in [-0.25, -0.2) is 0 Å². The largest absolute Gasteiger partial charge is 0.495 e. The number of pyridine rings is 2. The quantitative estimate of drug-likeness (QED) is 0.532. The maximum atomic E-state index is 13.4. The van der Waals surface area contributed by atoms with Gasteiger partial charge < -0.3 is 14.5 Å². The number of H-pyrrole nitrogens is 1. The van der Waals surface area contributed by atoms with Crippen molar-refractivity contribution in [3.63, 3.8) is 0 Å². The number of carbonyl (C=O) groups is 1. The van der Waals surface area contributed by atoms with Crippen molar-refractivity contribution in [3.8, 4) is 22.9 Å². The van der Waals surface area contributed by atoms with E-state index < -0.39 is 23.0 Å². The van der Waals surface area contributed by atoms with Gasteiger partial charge in [0.15, 0.2) is 0 Å². The highest BCUT2D eigenvalue weighted by atomic mass is 35.5. The molecule has 1 unspecified atom stereocenters. The molecule has 3 rings (SSSR count). The molecule has 8 heteroatoms. The maximum Gasteiger partial charge on any atom is 0.314 e. The minimum atomic E-state index is -0.981. The molecule has 0 spiro atoms. The van der Waals surface area contributed by atoms with Crippen LogP contribution in [0.2, 0.25) is 5.02 Å². The number of esters is 1. The van der Waals surface area contributed by atoms with Gasteiger partial charge in [0, 0.05) is 40.3 Å². The normalized spacial score (nSPS) is 12.0. The molecule has 0 amide bonds. The Hall–Kier alpha value is -3.63. The Balaban J connectivity index is 2.32. The van der Waals surface area contributed by atoms with E-state index in [0.29, 0.717) is 21.9 Å². The Morgan fingerprint density at radius 3 is 2.55 bits per heavy atom. The van der Waals surface area contributed by atoms with Crippen molar-refractivity contribution >= 4 is 17.6 Å². The summed E-state index contributed by atoms with van der Waals surface area (Å²) in [5.41, 5.74) is 0.681. The number of nitriles is 1. The molecule has 0 aliphatic rings. The molecular formula is C25H24ClN3O4. The minimum absolute atomic E-state index is 0.138. The predicted molar refractivity (Wildman–Crippen MR) is 125 cm³/mol. The third kappa shape index (κ3) is 5.60. The zero-order chi connectivity index (χ0) is 24.2. The SMILES string of the molecule is COc1c[nH]c(=O)c(C(Cc2ccncc2)C(=O)OC(C)(C)C)c1-c1cc(Cl)ccc1C#N. The summed E-state index contributed by atoms with van der Waals surface area (Å²) in [5, 5.41) is 10.1. The molecule has 0 radical (unpaired) electrons. The van der Waals surface area contributed by atoms with E-state index in [-0.39, 0.29) is 17.5 Å². The molecule has 1 atom stereocenters. The third-order valence-corrected chi connectivity index (χ3v) is 5.15. The van der Waals surface area contributed by atoms with Crippen LogP contribution < -0.4 is 10.3 Å². The number of ether oxygens (including phenoxy) is 2. The summed E-state index contributed by atoms with van der Waals surface area (Å²) >= 11 is 6.24. The van der Waals surface area contributed by atoms with Crippen LogP contribution in [0.5, 0.6) is 5.75 Å². The third-order valence-electron chi connectivity index (χ3n) is 4.91. The lowest BCUT2D eigenvalue weighted by Crippen LogP contribution is -2.32. The molecular weight excluding hydrogens is 442 g/mol. The number of halogens is 1. The van der Waals surface area contributed by atoms with E-state index >= 15 is 0 Å². The summed E-state index contributed by atoms with van der Waals surface area (Å²) in [6.07, 6.45) is 4.82. The molecule has 33 heavy (non-hydrogen) atoms. The number of benzene rings is 1. The number of nitrogens with zero attached hydrogens (tertiary/aromatic N) is 2. The second kappa shape index (κ2) is 9.88. The summed E-state index contributed by atoms with van der Waals surface area (Å²) in [7, 11) is 1.45. The number of aromatic amines is 1. The van der Waals surface area contributed by atoms with Crippen molar-refractivity contribution in [2.24, 2.45) is 0 Å². The van der Waals surface area contributed by atoms with Gasteiger partial charge in [0.1, 0.15) is 11.4 Å². The van der Waals surface area contributed by atoms with E-state index in [4.69, 9.17) is 21.1 Å². The van der Waals surface area contributed by atoms with E-state index in [1.54, 1.807) is 63.5 Å². The van der Waals surface area contributed by atoms with Crippen LogP contribution in [0, 0.1) is 11.3 Å². The highest BCUT2D eigenvalue weighted by molar-refractivity contribution is 6.31. The van der Waals surface area contributed by atoms with Crippen LogP contribution in [0.25, 0.3) is 11.1 Å². The van der Waals surface area contributed by atoms with Crippen LogP contribution in [0.3, 0.4) is 0 Å². The van der Waals surface area contributed by atoms with Crippen LogP contribution >= 0.6 is 11.6 Å². The second-order valence-electron chi connectivity index (χ2n) is 8.42. The first-order valence-corrected chi connectivity index (χ1v) is 10.6. The number of carbonyl (C=O) groups excluding carboxylic acids is 1. The van der Waals surface area contributed by atoms with Gasteiger partial charge in [0.2, 0.25) is 0 Å². The monoisotopic (exact) mass is 465 g/mol. The Kier molecular flexibility index (Phi) is 7.19. The minimum Gasteiger partial charge on any atom is -0.495 e. The Bertz CT molecular complexity index is 1260. The van der Waals surface area contributed by atoms with Crippen LogP contribution in [-0.4, -0.2) is 28.6 Å². The van der Waals surface area contributed by atoms with Crippen LogP contribution in [0.4, 0.5) is 0 Å². The lowest BCUT2D eigenvalue weighted by atomic mass is 9.86. The first-order valence-electron chi connectivity index (χ1n) is 10.3. The zero-order valence-corrected chi connectivity index (χ0v) is 19.6. The number of nitrogens with one attached hydrogen (secondary N) is 1. The molecule has 7 nitrogen and oxygen atoms in total. The summed E-state index contributed by atoms with van der Waals surface area (Å²) in [4.78, 5) is 33.3. The van der Waals surface area contributed by atoms with Crippen LogP contribution in [0.15, 0.2) is 53.7 Å². The highest BCUT2D eigenvalue weighted by Gasteiger charge is 2.33. The molecule has 1 N–H and O–H groups in total. The first kappa shape index (κ1) is 24.0. The van der Waals surface area contributed by atoms with E-state index in [1.165, 1.54) is 13.3 Å². The Labute approximate surface area is 197 Å². The van der Waals surface area contributed by atoms with Crippen LogP contribution in [-0.2, 0) is 16.0 Å². The van der Waals surface area contributed by atoms with Crippen LogP contribution in [0.1, 0.15) is 43.4 Å². The van der Waals surface area contributed by atoms with E-state index in [9.17, 15) is 14.9 Å². The summed E-state index contributed by atoms with van der Waals surface area (Å²) in [6, 6.07) is 10.4. The maximum absolute atomic E-state index is 13.4. The van der Waals surface area contributed by atoms with Gasteiger partial charge in [-0.2, -0.15) is 5.26 Å². The number of aromatic nitrogens is 2. The molecule has 0 saturated heterocycles. The molecule has 3 aromatic rings. The summed E-state index contributed by atoms with van der Waals surface area (Å²) < 4.78 is 11.2. The predicted octanol–water partition coefficient (Wildman–Crippen LogP) is 4.64. The molecule has 2 heterocycles. The molecule has 0 bridgehead atoms. The molecule has 0 fully saturated rings. The van der Waals surface area contributed by atoms with E-state index in [2.05, 4.69) is 16.0 Å². The molecule has 0 aliphatic heterocycles. The number of hydrogen-bond donors (Lipinski definition) is 1. The highest BCUT2D eigenvalue weighted by Crippen LogP contribution is 2.39. The summed E-state index contributed by atoms with van der Waals surface area (Å²) in [5.74, 6) is -1.25. The fourth-order valence-electron chi connectivity index (χ4n) is 3.55. The standard InChI is InChI=1S/C25H24ClN3O4/c1-25(2,3)33-24(31)19(11-15-7-9-28-10-8-15)22-21(20(32-4)14-29-23(22)30)18-12-17(26)6-5-16(18)13-27/h5-10,12,14,19H,11H2,1-4H3,(H,29,30). The van der Waals surface area contributed by atoms with Crippen molar-refractivity contribution in [1.82, 2.24) is 9.97 Å². The molecule has 2 aromatic heterocycles. The number of rotatable bonds is 6. The average Bonchev–Trinajstić information content (AvgIpc) is 2.77. The van der Waals surface area contributed by atoms with Crippen molar-refractivity contribution in [2.75, 3.05) is 7.11 Å². The average molecular weight is 466 g/mol. The van der Waals surface area contributed by atoms with Crippen molar-refractivity contribution < 1.29 is 14.3 Å². The van der Waals surface area contributed by atoms with Gasteiger partial charge in [-0.15, -0.1) is 0 Å². The first-order chi connectivity index (χ1) is 15.6. The fourth-order valence-corrected chi connectivity index (χ4v) is 3.72. The smallest absolute Gasteiger partial charge is 0.314 e. The second-order valence-corrected chi connectivity index (χ2v) is 8.86. The van der Waals surface area contributed by atoms with Crippen molar-refractivity contribution in [1.29, 1.82) is 5.26 Å². The topological polar surface area (TPSA) is 105 Å². The Morgan fingerprint density at radius 1 is 1.24 bits per heavy atom. The molecule has 0 saturated carbocycles. The van der Waals surface area contributed by atoms with Crippen molar-refractivity contribution in [3.05, 3.63) is 81.0 Å². The number of hydrogen-bond acceptors (Lipinski definition) is 6. The zero-order valence-electron chi connectivity index (χ0n) is 18.8. The van der Waals surface area contributed by atoms with Gasteiger partial charge in [0.05, 0.1) is 24.7 Å². The van der Waals surface area contributed by atoms with E-state index in [1.807, 2.05) is 0 Å². The Morgan fingerprint density at radius 2 is 1.94 bits per heavy atom. The summed E-state index contributed by atoms with van der Waals surface area (Å²) in [6.45, 7) is 5.28. The molecule has 170 valence electrons. The lowest BCUT2D eigenvalue weighted by molar-refractivity contribution is -0.156. The number of methoxy groups -OCH3 is 1. The van der Waals surface area contributed by atoms with Gasteiger partial charge in [-0.05, 0) is 63.1 Å². The van der Waals surface area contributed by atoms with Gasteiger partial charge in [-0.1, -0.05) is 11.6 Å².